The fourth-order valence-corrected chi connectivity index (χ4v) is 2.42. The largest absolute Gasteiger partial charge is 0.491 e. The number of nitrogens with zero attached hydrogens (tertiary/aromatic N) is 2. The molecule has 1 aromatic heterocycles. The Kier molecular flexibility index (Phi) is 4.04. The molecule has 19 heavy (non-hydrogen) atoms. The molecule has 1 unspecified atom stereocenters. The Hall–Kier alpha value is -1.22. The zero-order valence-corrected chi connectivity index (χ0v) is 12.9. The summed E-state index contributed by atoms with van der Waals surface area (Å²) in [5.41, 5.74) is 2.04. The van der Waals surface area contributed by atoms with E-state index >= 15 is 0 Å². The molecule has 0 radical (unpaired) electrons. The normalized spacial score (nSPS) is 13.5. The molecule has 1 aromatic carbocycles. The highest BCUT2D eigenvalue weighted by atomic mass is 35.5. The molecule has 0 N–H and O–H groups in total. The molecule has 0 saturated carbocycles. The summed E-state index contributed by atoms with van der Waals surface area (Å²) in [5, 5.41) is -0.107. The molecule has 0 bridgehead atoms. The van der Waals surface area contributed by atoms with Crippen LogP contribution in [-0.4, -0.2) is 15.7 Å². The SMILES string of the molecule is CC(C)Oc1ccc2c(c1)nc(C(C)Cl)n2C(C)C. The van der Waals surface area contributed by atoms with Gasteiger partial charge in [0.2, 0.25) is 0 Å². The van der Waals surface area contributed by atoms with Crippen LogP contribution in [0.3, 0.4) is 0 Å². The van der Waals surface area contributed by atoms with Crippen molar-refractivity contribution < 1.29 is 4.74 Å². The first kappa shape index (κ1) is 14.2. The van der Waals surface area contributed by atoms with Crippen LogP contribution in [0.2, 0.25) is 0 Å². The summed E-state index contributed by atoms with van der Waals surface area (Å²) in [6.07, 6.45) is 0.163. The number of hydrogen-bond donors (Lipinski definition) is 0. The van der Waals surface area contributed by atoms with E-state index in [0.717, 1.165) is 22.6 Å². The number of hydrogen-bond acceptors (Lipinski definition) is 2. The van der Waals surface area contributed by atoms with Gasteiger partial charge in [-0.25, -0.2) is 4.98 Å². The summed E-state index contributed by atoms with van der Waals surface area (Å²) in [7, 11) is 0. The number of fused-ring (bicyclic) bond motifs is 1. The van der Waals surface area contributed by atoms with Crippen LogP contribution in [0.1, 0.15) is 51.9 Å². The first-order chi connectivity index (χ1) is 8.90. The maximum atomic E-state index is 6.23. The monoisotopic (exact) mass is 280 g/mol. The topological polar surface area (TPSA) is 27.1 Å². The lowest BCUT2D eigenvalue weighted by Crippen LogP contribution is -2.07. The van der Waals surface area contributed by atoms with Crippen LogP contribution in [0.25, 0.3) is 11.0 Å². The van der Waals surface area contributed by atoms with Crippen LogP contribution in [0.15, 0.2) is 18.2 Å². The van der Waals surface area contributed by atoms with E-state index in [9.17, 15) is 0 Å². The lowest BCUT2D eigenvalue weighted by molar-refractivity contribution is 0.242. The van der Waals surface area contributed by atoms with Gasteiger partial charge in [0, 0.05) is 12.1 Å². The predicted octanol–water partition coefficient (Wildman–Crippen LogP) is 4.70. The first-order valence-electron chi connectivity index (χ1n) is 6.72. The van der Waals surface area contributed by atoms with Crippen molar-refractivity contribution in [1.29, 1.82) is 0 Å². The Morgan fingerprint density at radius 2 is 1.84 bits per heavy atom. The van der Waals surface area contributed by atoms with Gasteiger partial charge in [0.15, 0.2) is 0 Å². The van der Waals surface area contributed by atoms with Gasteiger partial charge < -0.3 is 9.30 Å². The van der Waals surface area contributed by atoms with E-state index in [2.05, 4.69) is 29.5 Å². The summed E-state index contributed by atoms with van der Waals surface area (Å²) in [6, 6.07) is 6.36. The molecular formula is C15H21ClN2O. The molecule has 0 saturated heterocycles. The Morgan fingerprint density at radius 3 is 2.37 bits per heavy atom. The lowest BCUT2D eigenvalue weighted by atomic mass is 10.2. The van der Waals surface area contributed by atoms with E-state index in [1.165, 1.54) is 0 Å². The fraction of sp³-hybridized carbons (Fsp3) is 0.533. The van der Waals surface area contributed by atoms with Crippen molar-refractivity contribution in [2.75, 3.05) is 0 Å². The van der Waals surface area contributed by atoms with Gasteiger partial charge in [-0.1, -0.05) is 0 Å². The van der Waals surface area contributed by atoms with Gasteiger partial charge in [-0.2, -0.15) is 0 Å². The second kappa shape index (κ2) is 5.41. The zero-order valence-electron chi connectivity index (χ0n) is 12.1. The van der Waals surface area contributed by atoms with E-state index < -0.39 is 0 Å². The van der Waals surface area contributed by atoms with Crippen molar-refractivity contribution in [2.45, 2.75) is 52.1 Å². The third kappa shape index (κ3) is 2.86. The van der Waals surface area contributed by atoms with Crippen LogP contribution in [0.5, 0.6) is 5.75 Å². The summed E-state index contributed by atoms with van der Waals surface area (Å²) in [6.45, 7) is 10.3. The lowest BCUT2D eigenvalue weighted by Gasteiger charge is -2.14. The van der Waals surface area contributed by atoms with Gasteiger partial charge in [-0.15, -0.1) is 11.6 Å². The first-order valence-corrected chi connectivity index (χ1v) is 7.16. The standard InChI is InChI=1S/C15H21ClN2O/c1-9(2)18-14-7-6-12(19-10(3)4)8-13(14)17-15(18)11(5)16/h6-11H,1-5H3. The van der Waals surface area contributed by atoms with Crippen molar-refractivity contribution in [3.8, 4) is 5.75 Å². The second-order valence-corrected chi connectivity index (χ2v) is 6.02. The van der Waals surface area contributed by atoms with Crippen molar-refractivity contribution >= 4 is 22.6 Å². The van der Waals surface area contributed by atoms with Crippen LogP contribution in [0.4, 0.5) is 0 Å². The molecular weight excluding hydrogens is 260 g/mol. The van der Waals surface area contributed by atoms with E-state index in [-0.39, 0.29) is 11.5 Å². The van der Waals surface area contributed by atoms with Crippen LogP contribution in [-0.2, 0) is 0 Å². The maximum absolute atomic E-state index is 6.23. The quantitative estimate of drug-likeness (QED) is 0.759. The van der Waals surface area contributed by atoms with Gasteiger partial charge in [-0.3, -0.25) is 0 Å². The highest BCUT2D eigenvalue weighted by Gasteiger charge is 2.17. The predicted molar refractivity (Wildman–Crippen MR) is 80.2 cm³/mol. The Bertz CT molecular complexity index is 573. The molecule has 104 valence electrons. The van der Waals surface area contributed by atoms with Gasteiger partial charge in [0.1, 0.15) is 11.6 Å². The third-order valence-corrected chi connectivity index (χ3v) is 3.13. The molecule has 4 heteroatoms. The van der Waals surface area contributed by atoms with Crippen molar-refractivity contribution in [1.82, 2.24) is 9.55 Å². The molecule has 1 atom stereocenters. The number of benzene rings is 1. The van der Waals surface area contributed by atoms with Crippen LogP contribution < -0.4 is 4.74 Å². The second-order valence-electron chi connectivity index (χ2n) is 5.37. The Balaban J connectivity index is 2.56. The van der Waals surface area contributed by atoms with Crippen molar-refractivity contribution in [2.24, 2.45) is 0 Å². The maximum Gasteiger partial charge on any atom is 0.127 e. The van der Waals surface area contributed by atoms with Gasteiger partial charge in [0.25, 0.3) is 0 Å². The number of alkyl halides is 1. The molecule has 2 rings (SSSR count). The minimum atomic E-state index is -0.107. The summed E-state index contributed by atoms with van der Waals surface area (Å²) in [5.74, 6) is 1.76. The molecule has 0 aliphatic heterocycles. The minimum absolute atomic E-state index is 0.107. The zero-order chi connectivity index (χ0) is 14.2. The molecule has 0 fully saturated rings. The van der Waals surface area contributed by atoms with Gasteiger partial charge in [-0.05, 0) is 46.8 Å². The molecule has 0 spiro atoms. The number of aromatic nitrogens is 2. The highest BCUT2D eigenvalue weighted by molar-refractivity contribution is 6.20. The molecule has 2 aromatic rings. The molecule has 0 aliphatic carbocycles. The fourth-order valence-electron chi connectivity index (χ4n) is 2.27. The molecule has 0 amide bonds. The minimum Gasteiger partial charge on any atom is -0.491 e. The highest BCUT2D eigenvalue weighted by Crippen LogP contribution is 2.30. The number of imidazole rings is 1. The van der Waals surface area contributed by atoms with Crippen molar-refractivity contribution in [3.63, 3.8) is 0 Å². The van der Waals surface area contributed by atoms with E-state index in [1.54, 1.807) is 0 Å². The molecule has 0 aliphatic rings. The van der Waals surface area contributed by atoms with E-state index in [4.69, 9.17) is 16.3 Å². The Morgan fingerprint density at radius 1 is 1.16 bits per heavy atom. The van der Waals surface area contributed by atoms with Crippen molar-refractivity contribution in [3.05, 3.63) is 24.0 Å². The van der Waals surface area contributed by atoms with Crippen LogP contribution >= 0.6 is 11.6 Å². The average Bonchev–Trinajstić information content (AvgIpc) is 2.66. The Labute approximate surface area is 119 Å². The number of ether oxygens (including phenoxy) is 1. The smallest absolute Gasteiger partial charge is 0.127 e. The summed E-state index contributed by atoms with van der Waals surface area (Å²) < 4.78 is 7.90. The van der Waals surface area contributed by atoms with E-state index in [0.29, 0.717) is 6.04 Å². The summed E-state index contributed by atoms with van der Waals surface area (Å²) in [4.78, 5) is 4.65. The molecule has 3 nitrogen and oxygen atoms in total. The number of halogens is 1. The van der Waals surface area contributed by atoms with E-state index in [1.807, 2.05) is 32.9 Å². The third-order valence-electron chi connectivity index (χ3n) is 2.93. The number of rotatable bonds is 4. The molecule has 1 heterocycles. The summed E-state index contributed by atoms with van der Waals surface area (Å²) >= 11 is 6.23. The van der Waals surface area contributed by atoms with Gasteiger partial charge >= 0.3 is 0 Å². The van der Waals surface area contributed by atoms with Gasteiger partial charge in [0.05, 0.1) is 22.5 Å². The van der Waals surface area contributed by atoms with Crippen LogP contribution in [0, 0.1) is 0 Å². The average molecular weight is 281 g/mol.